The number of hydrogen-bond acceptors (Lipinski definition) is 2. The lowest BCUT2D eigenvalue weighted by Gasteiger charge is -2.19. The minimum Gasteiger partial charge on any atom is -0.276 e. The molecule has 8 aromatic carbocycles. The topological polar surface area (TPSA) is 30.2 Å². The molecular formula is C44H27N3. The molecule has 0 fully saturated rings. The minimum atomic E-state index is 0.889. The smallest absolute Gasteiger partial charge is 0.149 e. The van der Waals surface area contributed by atoms with Crippen molar-refractivity contribution in [1.29, 1.82) is 0 Å². The van der Waals surface area contributed by atoms with Gasteiger partial charge < -0.3 is 0 Å². The van der Waals surface area contributed by atoms with Crippen LogP contribution in [-0.2, 0) is 0 Å². The van der Waals surface area contributed by atoms with Gasteiger partial charge in [-0.1, -0.05) is 140 Å². The molecule has 0 aliphatic rings. The second kappa shape index (κ2) is 10.1. The maximum absolute atomic E-state index is 5.19. The van der Waals surface area contributed by atoms with Gasteiger partial charge in [-0.15, -0.1) is 0 Å². The van der Waals surface area contributed by atoms with E-state index in [1.165, 1.54) is 54.6 Å². The van der Waals surface area contributed by atoms with E-state index in [9.17, 15) is 0 Å². The summed E-state index contributed by atoms with van der Waals surface area (Å²) in [5.74, 6) is 0.889. The summed E-state index contributed by atoms with van der Waals surface area (Å²) in [6.45, 7) is 0. The van der Waals surface area contributed by atoms with E-state index in [2.05, 4.69) is 156 Å². The van der Waals surface area contributed by atoms with Crippen molar-refractivity contribution < 1.29 is 0 Å². The summed E-state index contributed by atoms with van der Waals surface area (Å²) in [4.78, 5) is 10.2. The largest absolute Gasteiger partial charge is 0.276 e. The number of aromatic nitrogens is 3. The number of nitrogens with zero attached hydrogens (tertiary/aromatic N) is 3. The highest BCUT2D eigenvalue weighted by atomic mass is 15.1. The van der Waals surface area contributed by atoms with Gasteiger partial charge in [-0.2, -0.15) is 0 Å². The Morgan fingerprint density at radius 2 is 0.894 bits per heavy atom. The summed E-state index contributed by atoms with van der Waals surface area (Å²) in [7, 11) is 0. The standard InChI is InChI=1S/C44H27N3/c1-2-14-31-28(12-1)13-11-20-32(31)42-35-17-5-3-15-33(35)41(34-16-4-6-18-36(34)42)29-24-26-30(27-25-29)43-45-38-21-8-7-19-37(38)44-46-39-22-9-10-23-40(39)47(43)44/h1-27H. The Morgan fingerprint density at radius 3 is 1.62 bits per heavy atom. The molecule has 0 aliphatic heterocycles. The predicted molar refractivity (Wildman–Crippen MR) is 197 cm³/mol. The summed E-state index contributed by atoms with van der Waals surface area (Å²) in [6, 6.07) is 58.5. The second-order valence-electron chi connectivity index (χ2n) is 12.2. The van der Waals surface area contributed by atoms with E-state index < -0.39 is 0 Å². The van der Waals surface area contributed by atoms with E-state index in [0.717, 1.165) is 39.0 Å². The summed E-state index contributed by atoms with van der Waals surface area (Å²) < 4.78 is 2.20. The monoisotopic (exact) mass is 597 g/mol. The van der Waals surface area contributed by atoms with Crippen LogP contribution in [0.15, 0.2) is 164 Å². The van der Waals surface area contributed by atoms with E-state index >= 15 is 0 Å². The van der Waals surface area contributed by atoms with Crippen molar-refractivity contribution in [3.8, 4) is 33.6 Å². The molecule has 2 heterocycles. The zero-order chi connectivity index (χ0) is 30.9. The van der Waals surface area contributed by atoms with E-state index in [0.29, 0.717) is 0 Å². The molecule has 0 aliphatic carbocycles. The normalized spacial score (nSPS) is 11.8. The van der Waals surface area contributed by atoms with Crippen LogP contribution in [0, 0.1) is 0 Å². The molecule has 3 nitrogen and oxygen atoms in total. The Bertz CT molecular complexity index is 2780. The fraction of sp³-hybridized carbons (Fsp3) is 0. The van der Waals surface area contributed by atoms with Gasteiger partial charge in [-0.3, -0.25) is 4.40 Å². The molecule has 0 spiro atoms. The van der Waals surface area contributed by atoms with Crippen molar-refractivity contribution in [1.82, 2.24) is 14.4 Å². The molecule has 2 aromatic heterocycles. The molecule has 0 amide bonds. The first-order valence-corrected chi connectivity index (χ1v) is 16.0. The SMILES string of the molecule is c1ccc2c(-c3c4ccccc4c(-c4ccc(-c5nc6ccccc6c6nc7ccccc7n56)cc4)c4ccccc34)cccc2c1. The molecule has 0 unspecified atom stereocenters. The molecule has 3 heteroatoms. The molecule has 47 heavy (non-hydrogen) atoms. The fourth-order valence-corrected chi connectivity index (χ4v) is 7.50. The van der Waals surface area contributed by atoms with Crippen molar-refractivity contribution in [2.24, 2.45) is 0 Å². The highest BCUT2D eigenvalue weighted by Gasteiger charge is 2.19. The lowest BCUT2D eigenvalue weighted by atomic mass is 9.84. The van der Waals surface area contributed by atoms with Crippen LogP contribution in [0.3, 0.4) is 0 Å². The number of para-hydroxylation sites is 3. The Balaban J connectivity index is 1.22. The zero-order valence-electron chi connectivity index (χ0n) is 25.4. The highest BCUT2D eigenvalue weighted by molar-refractivity contribution is 6.23. The van der Waals surface area contributed by atoms with Gasteiger partial charge in [0.1, 0.15) is 11.5 Å². The second-order valence-corrected chi connectivity index (χ2v) is 12.2. The van der Waals surface area contributed by atoms with Crippen molar-refractivity contribution in [2.45, 2.75) is 0 Å². The molecular weight excluding hydrogens is 571 g/mol. The van der Waals surface area contributed by atoms with E-state index in [-0.39, 0.29) is 0 Å². The van der Waals surface area contributed by atoms with Crippen LogP contribution in [0.2, 0.25) is 0 Å². The van der Waals surface area contributed by atoms with Gasteiger partial charge in [0.15, 0.2) is 0 Å². The average molecular weight is 598 g/mol. The van der Waals surface area contributed by atoms with Crippen LogP contribution in [0.25, 0.3) is 93.5 Å². The van der Waals surface area contributed by atoms with Gasteiger partial charge in [0.25, 0.3) is 0 Å². The summed E-state index contributed by atoms with van der Waals surface area (Å²) in [5.41, 5.74) is 9.91. The van der Waals surface area contributed by atoms with Crippen LogP contribution in [0.5, 0.6) is 0 Å². The number of imidazole rings is 1. The van der Waals surface area contributed by atoms with Crippen molar-refractivity contribution in [3.63, 3.8) is 0 Å². The molecule has 0 bridgehead atoms. The summed E-state index contributed by atoms with van der Waals surface area (Å²) in [6.07, 6.45) is 0. The Kier molecular flexibility index (Phi) is 5.57. The third-order valence-corrected chi connectivity index (χ3v) is 9.57. The van der Waals surface area contributed by atoms with Crippen LogP contribution in [0.1, 0.15) is 0 Å². The third-order valence-electron chi connectivity index (χ3n) is 9.57. The van der Waals surface area contributed by atoms with Crippen molar-refractivity contribution in [2.75, 3.05) is 0 Å². The maximum Gasteiger partial charge on any atom is 0.149 e. The van der Waals surface area contributed by atoms with Crippen LogP contribution < -0.4 is 0 Å². The highest BCUT2D eigenvalue weighted by Crippen LogP contribution is 2.45. The third kappa shape index (κ3) is 3.87. The minimum absolute atomic E-state index is 0.889. The first-order valence-electron chi connectivity index (χ1n) is 16.0. The Labute approximate surface area is 271 Å². The van der Waals surface area contributed by atoms with Crippen LogP contribution in [0.4, 0.5) is 0 Å². The van der Waals surface area contributed by atoms with Gasteiger partial charge in [0, 0.05) is 10.9 Å². The molecule has 0 atom stereocenters. The molecule has 0 saturated heterocycles. The van der Waals surface area contributed by atoms with Gasteiger partial charge in [0.2, 0.25) is 0 Å². The lowest BCUT2D eigenvalue weighted by Crippen LogP contribution is -1.98. The number of rotatable bonds is 3. The zero-order valence-corrected chi connectivity index (χ0v) is 25.4. The van der Waals surface area contributed by atoms with Crippen molar-refractivity contribution in [3.05, 3.63) is 164 Å². The maximum atomic E-state index is 5.19. The fourth-order valence-electron chi connectivity index (χ4n) is 7.50. The van der Waals surface area contributed by atoms with Gasteiger partial charge in [0.05, 0.1) is 16.6 Å². The summed E-state index contributed by atoms with van der Waals surface area (Å²) >= 11 is 0. The van der Waals surface area contributed by atoms with E-state index in [1.54, 1.807) is 0 Å². The lowest BCUT2D eigenvalue weighted by molar-refractivity contribution is 1.16. The first-order chi connectivity index (χ1) is 23.3. The summed E-state index contributed by atoms with van der Waals surface area (Å²) in [5, 5.41) is 8.56. The van der Waals surface area contributed by atoms with Gasteiger partial charge in [-0.25, -0.2) is 9.97 Å². The molecule has 0 saturated carbocycles. The Hall–Kier alpha value is -6.32. The predicted octanol–water partition coefficient (Wildman–Crippen LogP) is 11.5. The molecule has 0 N–H and O–H groups in total. The van der Waals surface area contributed by atoms with Gasteiger partial charge >= 0.3 is 0 Å². The molecule has 218 valence electrons. The first kappa shape index (κ1) is 26.0. The molecule has 0 radical (unpaired) electrons. The Morgan fingerprint density at radius 1 is 0.362 bits per heavy atom. The van der Waals surface area contributed by atoms with Crippen LogP contribution in [-0.4, -0.2) is 14.4 Å². The molecule has 10 rings (SSSR count). The van der Waals surface area contributed by atoms with Gasteiger partial charge in [-0.05, 0) is 78.8 Å². The number of benzene rings is 8. The van der Waals surface area contributed by atoms with E-state index in [4.69, 9.17) is 9.97 Å². The number of fused-ring (bicyclic) bond motifs is 8. The van der Waals surface area contributed by atoms with Crippen molar-refractivity contribution >= 4 is 59.9 Å². The average Bonchev–Trinajstić information content (AvgIpc) is 3.54. The molecule has 10 aromatic rings. The quantitative estimate of drug-likeness (QED) is 0.190. The number of hydrogen-bond donors (Lipinski definition) is 0. The van der Waals surface area contributed by atoms with E-state index in [1.807, 2.05) is 12.1 Å². The van der Waals surface area contributed by atoms with Crippen LogP contribution >= 0.6 is 0 Å².